The lowest BCUT2D eigenvalue weighted by Gasteiger charge is -2.08. The average molecular weight is 257 g/mol. The van der Waals surface area contributed by atoms with Crippen molar-refractivity contribution in [2.24, 2.45) is 0 Å². The third-order valence-electron chi connectivity index (χ3n) is 2.65. The summed E-state index contributed by atoms with van der Waals surface area (Å²) < 4.78 is 7.29. The maximum atomic E-state index is 5.60. The number of nitrogens with zero attached hydrogens (tertiary/aromatic N) is 2. The molecule has 0 atom stereocenters. The van der Waals surface area contributed by atoms with E-state index >= 15 is 0 Å². The number of nitrogens with one attached hydrogen (secondary N) is 1. The van der Waals surface area contributed by atoms with E-state index in [4.69, 9.17) is 4.74 Å². The Morgan fingerprint density at radius 1 is 1.47 bits per heavy atom. The maximum absolute atomic E-state index is 5.60. The molecule has 0 aliphatic rings. The fourth-order valence-electron chi connectivity index (χ4n) is 1.69. The van der Waals surface area contributed by atoms with Crippen molar-refractivity contribution < 1.29 is 4.74 Å². The van der Waals surface area contributed by atoms with Crippen molar-refractivity contribution >= 4 is 11.9 Å². The highest BCUT2D eigenvalue weighted by molar-refractivity contribution is 5.48. The van der Waals surface area contributed by atoms with Crippen LogP contribution in [0.25, 0.3) is 6.20 Å². The van der Waals surface area contributed by atoms with E-state index in [2.05, 4.69) is 23.9 Å². The Bertz CT molecular complexity index is 534. The standard InChI is InChI=1S/C15H19N3O/c1-3-8-19-15-7-5-6-14(9-15)16-10-13-11-17-18(4-2)12-13/h4-7,9,11-12,16H,2-3,8,10H2,1H3. The SMILES string of the molecule is C=Cn1cc(CNc2cccc(OCCC)c2)cn1. The van der Waals surface area contributed by atoms with Crippen LogP contribution in [0.4, 0.5) is 5.69 Å². The molecule has 4 heteroatoms. The normalized spacial score (nSPS) is 10.2. The van der Waals surface area contributed by atoms with Gasteiger partial charge in [0, 0.05) is 36.3 Å². The highest BCUT2D eigenvalue weighted by Gasteiger charge is 1.99. The molecule has 0 spiro atoms. The fourth-order valence-corrected chi connectivity index (χ4v) is 1.69. The highest BCUT2D eigenvalue weighted by atomic mass is 16.5. The number of anilines is 1. The van der Waals surface area contributed by atoms with Crippen LogP contribution in [-0.4, -0.2) is 16.4 Å². The molecule has 0 saturated carbocycles. The predicted molar refractivity (Wildman–Crippen MR) is 78.2 cm³/mol. The third kappa shape index (κ3) is 3.88. The summed E-state index contributed by atoms with van der Waals surface area (Å²) in [5.41, 5.74) is 2.15. The number of benzene rings is 1. The van der Waals surface area contributed by atoms with Crippen LogP contribution in [0.2, 0.25) is 0 Å². The van der Waals surface area contributed by atoms with Crippen molar-refractivity contribution in [3.8, 4) is 5.75 Å². The van der Waals surface area contributed by atoms with Crippen LogP contribution in [0.5, 0.6) is 5.75 Å². The van der Waals surface area contributed by atoms with Gasteiger partial charge >= 0.3 is 0 Å². The second kappa shape index (κ2) is 6.64. The lowest BCUT2D eigenvalue weighted by molar-refractivity contribution is 0.317. The fraction of sp³-hybridized carbons (Fsp3) is 0.267. The summed E-state index contributed by atoms with van der Waals surface area (Å²) in [6.45, 7) is 7.24. The van der Waals surface area contributed by atoms with Crippen molar-refractivity contribution in [3.05, 3.63) is 48.8 Å². The van der Waals surface area contributed by atoms with Crippen LogP contribution in [0.1, 0.15) is 18.9 Å². The van der Waals surface area contributed by atoms with Crippen LogP contribution in [0.15, 0.2) is 43.2 Å². The molecule has 1 N–H and O–H groups in total. The van der Waals surface area contributed by atoms with E-state index in [9.17, 15) is 0 Å². The molecular formula is C15H19N3O. The van der Waals surface area contributed by atoms with Gasteiger partial charge < -0.3 is 10.1 Å². The second-order valence-electron chi connectivity index (χ2n) is 4.24. The van der Waals surface area contributed by atoms with E-state index in [1.165, 1.54) is 0 Å². The molecule has 2 rings (SSSR count). The molecule has 0 radical (unpaired) electrons. The quantitative estimate of drug-likeness (QED) is 0.826. The van der Waals surface area contributed by atoms with Crippen molar-refractivity contribution in [3.63, 3.8) is 0 Å². The summed E-state index contributed by atoms with van der Waals surface area (Å²) in [6.07, 6.45) is 6.45. The lowest BCUT2D eigenvalue weighted by atomic mass is 10.3. The highest BCUT2D eigenvalue weighted by Crippen LogP contribution is 2.18. The average Bonchev–Trinajstić information content (AvgIpc) is 2.91. The van der Waals surface area contributed by atoms with E-state index in [1.807, 2.05) is 36.7 Å². The molecular weight excluding hydrogens is 238 g/mol. The summed E-state index contributed by atoms with van der Waals surface area (Å²) in [4.78, 5) is 0. The number of hydrogen-bond acceptors (Lipinski definition) is 3. The van der Waals surface area contributed by atoms with Crippen LogP contribution < -0.4 is 10.1 Å². The topological polar surface area (TPSA) is 39.1 Å². The van der Waals surface area contributed by atoms with Gasteiger partial charge in [0.25, 0.3) is 0 Å². The van der Waals surface area contributed by atoms with Gasteiger partial charge in [-0.1, -0.05) is 19.6 Å². The number of ether oxygens (including phenoxy) is 1. The molecule has 4 nitrogen and oxygen atoms in total. The molecule has 0 bridgehead atoms. The van der Waals surface area contributed by atoms with Gasteiger partial charge in [0.2, 0.25) is 0 Å². The summed E-state index contributed by atoms with van der Waals surface area (Å²) in [5, 5.41) is 7.49. The number of aromatic nitrogens is 2. The molecule has 1 heterocycles. The van der Waals surface area contributed by atoms with Crippen LogP contribution in [0.3, 0.4) is 0 Å². The Morgan fingerprint density at radius 2 is 2.37 bits per heavy atom. The number of hydrogen-bond donors (Lipinski definition) is 1. The molecule has 19 heavy (non-hydrogen) atoms. The van der Waals surface area contributed by atoms with Gasteiger partial charge in [0.15, 0.2) is 0 Å². The monoisotopic (exact) mass is 257 g/mol. The van der Waals surface area contributed by atoms with Gasteiger partial charge in [-0.25, -0.2) is 4.68 Å². The Hall–Kier alpha value is -2.23. The van der Waals surface area contributed by atoms with Crippen molar-refractivity contribution in [1.82, 2.24) is 9.78 Å². The molecule has 0 fully saturated rings. The largest absolute Gasteiger partial charge is 0.494 e. The van der Waals surface area contributed by atoms with E-state index in [1.54, 1.807) is 10.9 Å². The van der Waals surface area contributed by atoms with Gasteiger partial charge in [-0.3, -0.25) is 0 Å². The zero-order valence-corrected chi connectivity index (χ0v) is 11.2. The van der Waals surface area contributed by atoms with Gasteiger partial charge in [-0.2, -0.15) is 5.10 Å². The van der Waals surface area contributed by atoms with Gasteiger partial charge in [0.05, 0.1) is 12.8 Å². The molecule has 0 unspecified atom stereocenters. The minimum absolute atomic E-state index is 0.727. The summed E-state index contributed by atoms with van der Waals surface area (Å²) in [5.74, 6) is 0.897. The van der Waals surface area contributed by atoms with Gasteiger partial charge in [-0.05, 0) is 18.6 Å². The second-order valence-corrected chi connectivity index (χ2v) is 4.24. The first-order valence-corrected chi connectivity index (χ1v) is 6.44. The maximum Gasteiger partial charge on any atom is 0.121 e. The lowest BCUT2D eigenvalue weighted by Crippen LogP contribution is -1.99. The molecule has 1 aromatic heterocycles. The molecule has 0 amide bonds. The van der Waals surface area contributed by atoms with Crippen molar-refractivity contribution in [2.45, 2.75) is 19.9 Å². The molecule has 0 aliphatic heterocycles. The first kappa shape index (κ1) is 13.2. The zero-order valence-electron chi connectivity index (χ0n) is 11.2. The Morgan fingerprint density at radius 3 is 3.11 bits per heavy atom. The first-order chi connectivity index (χ1) is 9.31. The van der Waals surface area contributed by atoms with Crippen LogP contribution >= 0.6 is 0 Å². The summed E-state index contributed by atoms with van der Waals surface area (Å²) >= 11 is 0. The third-order valence-corrected chi connectivity index (χ3v) is 2.65. The van der Waals surface area contributed by atoms with Crippen LogP contribution in [-0.2, 0) is 6.54 Å². The Kier molecular flexibility index (Phi) is 4.61. The molecule has 1 aromatic carbocycles. The molecule has 100 valence electrons. The molecule has 0 saturated heterocycles. The number of rotatable bonds is 7. The zero-order chi connectivity index (χ0) is 13.5. The predicted octanol–water partition coefficient (Wildman–Crippen LogP) is 3.38. The van der Waals surface area contributed by atoms with E-state index < -0.39 is 0 Å². The summed E-state index contributed by atoms with van der Waals surface area (Å²) in [6, 6.07) is 7.99. The molecule has 2 aromatic rings. The van der Waals surface area contributed by atoms with E-state index in [0.29, 0.717) is 0 Å². The minimum Gasteiger partial charge on any atom is -0.494 e. The molecule has 0 aliphatic carbocycles. The smallest absolute Gasteiger partial charge is 0.121 e. The van der Waals surface area contributed by atoms with Crippen molar-refractivity contribution in [1.29, 1.82) is 0 Å². The van der Waals surface area contributed by atoms with Gasteiger partial charge in [-0.15, -0.1) is 0 Å². The Balaban J connectivity index is 1.93. The van der Waals surface area contributed by atoms with E-state index in [0.717, 1.165) is 36.6 Å². The minimum atomic E-state index is 0.727. The summed E-state index contributed by atoms with van der Waals surface area (Å²) in [7, 11) is 0. The first-order valence-electron chi connectivity index (χ1n) is 6.44. The van der Waals surface area contributed by atoms with Crippen LogP contribution in [0, 0.1) is 0 Å². The van der Waals surface area contributed by atoms with Gasteiger partial charge in [0.1, 0.15) is 5.75 Å². The Labute approximate surface area is 113 Å². The van der Waals surface area contributed by atoms with Crippen molar-refractivity contribution in [2.75, 3.05) is 11.9 Å². The van der Waals surface area contributed by atoms with E-state index in [-0.39, 0.29) is 0 Å².